The number of rotatable bonds is 6. The SMILES string of the molecule is CC(C)CN(CC(=O)Nc1ccc(F)cc1)S(C)(=O)=O. The summed E-state index contributed by atoms with van der Waals surface area (Å²) in [6.07, 6.45) is 1.07. The Kier molecular flexibility index (Phi) is 5.64. The van der Waals surface area contributed by atoms with Gasteiger partial charge in [-0.15, -0.1) is 0 Å². The second kappa shape index (κ2) is 6.81. The molecule has 0 aliphatic rings. The van der Waals surface area contributed by atoms with Gasteiger partial charge in [0.25, 0.3) is 0 Å². The van der Waals surface area contributed by atoms with Crippen molar-refractivity contribution in [3.05, 3.63) is 30.1 Å². The minimum absolute atomic E-state index is 0.114. The monoisotopic (exact) mass is 302 g/mol. The zero-order valence-electron chi connectivity index (χ0n) is 11.8. The third kappa shape index (κ3) is 5.66. The first-order chi connectivity index (χ1) is 9.18. The molecule has 0 radical (unpaired) electrons. The number of nitrogens with zero attached hydrogens (tertiary/aromatic N) is 1. The molecule has 1 N–H and O–H groups in total. The standard InChI is InChI=1S/C13H19FN2O3S/c1-10(2)8-16(20(3,18)19)9-13(17)15-12-6-4-11(14)5-7-12/h4-7,10H,8-9H2,1-3H3,(H,15,17). The van der Waals surface area contributed by atoms with Crippen molar-refractivity contribution in [1.82, 2.24) is 4.31 Å². The normalized spacial score (nSPS) is 11.9. The molecular weight excluding hydrogens is 283 g/mol. The van der Waals surface area contributed by atoms with E-state index in [0.717, 1.165) is 10.6 Å². The summed E-state index contributed by atoms with van der Waals surface area (Å²) in [7, 11) is -3.44. The van der Waals surface area contributed by atoms with Crippen molar-refractivity contribution in [1.29, 1.82) is 0 Å². The van der Waals surface area contributed by atoms with Crippen LogP contribution in [0, 0.1) is 11.7 Å². The summed E-state index contributed by atoms with van der Waals surface area (Å²) < 4.78 is 37.0. The summed E-state index contributed by atoms with van der Waals surface area (Å²) in [5.41, 5.74) is 0.425. The van der Waals surface area contributed by atoms with Gasteiger partial charge in [0.15, 0.2) is 0 Å². The number of amides is 1. The Morgan fingerprint density at radius 3 is 2.30 bits per heavy atom. The van der Waals surface area contributed by atoms with Crippen molar-refractivity contribution in [2.75, 3.05) is 24.7 Å². The number of hydrogen-bond donors (Lipinski definition) is 1. The van der Waals surface area contributed by atoms with Gasteiger partial charge in [0.2, 0.25) is 15.9 Å². The quantitative estimate of drug-likeness (QED) is 0.869. The van der Waals surface area contributed by atoms with Crippen LogP contribution in [0.4, 0.5) is 10.1 Å². The lowest BCUT2D eigenvalue weighted by Crippen LogP contribution is -2.39. The van der Waals surface area contributed by atoms with Gasteiger partial charge in [0, 0.05) is 12.2 Å². The van der Waals surface area contributed by atoms with E-state index in [4.69, 9.17) is 0 Å². The minimum Gasteiger partial charge on any atom is -0.325 e. The zero-order chi connectivity index (χ0) is 15.3. The smallest absolute Gasteiger partial charge is 0.239 e. The molecule has 0 saturated carbocycles. The molecule has 112 valence electrons. The van der Waals surface area contributed by atoms with Crippen molar-refractivity contribution in [2.24, 2.45) is 5.92 Å². The number of benzene rings is 1. The third-order valence-corrected chi connectivity index (χ3v) is 3.70. The van der Waals surface area contributed by atoms with Crippen molar-refractivity contribution in [3.63, 3.8) is 0 Å². The van der Waals surface area contributed by atoms with Crippen LogP contribution < -0.4 is 5.32 Å². The number of hydrogen-bond acceptors (Lipinski definition) is 3. The molecule has 0 aliphatic carbocycles. The molecule has 0 saturated heterocycles. The molecule has 0 bridgehead atoms. The first-order valence-electron chi connectivity index (χ1n) is 6.19. The van der Waals surface area contributed by atoms with E-state index in [0.29, 0.717) is 5.69 Å². The Bertz CT molecular complexity index is 555. The number of sulfonamides is 1. The van der Waals surface area contributed by atoms with E-state index in [2.05, 4.69) is 5.32 Å². The van der Waals surface area contributed by atoms with E-state index in [9.17, 15) is 17.6 Å². The van der Waals surface area contributed by atoms with Crippen LogP contribution in [0.1, 0.15) is 13.8 Å². The maximum absolute atomic E-state index is 12.7. The molecule has 1 amide bonds. The van der Waals surface area contributed by atoms with Crippen LogP contribution >= 0.6 is 0 Å². The summed E-state index contributed by atoms with van der Waals surface area (Å²) in [6.45, 7) is 3.76. The van der Waals surface area contributed by atoms with Gasteiger partial charge < -0.3 is 5.32 Å². The van der Waals surface area contributed by atoms with Crippen LogP contribution in [-0.4, -0.2) is 38.0 Å². The first-order valence-corrected chi connectivity index (χ1v) is 8.04. The Labute approximate surface area is 118 Å². The van der Waals surface area contributed by atoms with E-state index >= 15 is 0 Å². The summed E-state index contributed by atoms with van der Waals surface area (Å²) in [4.78, 5) is 11.8. The van der Waals surface area contributed by atoms with Crippen molar-refractivity contribution >= 4 is 21.6 Å². The van der Waals surface area contributed by atoms with Gasteiger partial charge in [-0.25, -0.2) is 12.8 Å². The van der Waals surface area contributed by atoms with Crippen molar-refractivity contribution < 1.29 is 17.6 Å². The molecule has 5 nitrogen and oxygen atoms in total. The van der Waals surface area contributed by atoms with Gasteiger partial charge in [-0.1, -0.05) is 13.8 Å². The van der Waals surface area contributed by atoms with Gasteiger partial charge in [0.05, 0.1) is 12.8 Å². The van der Waals surface area contributed by atoms with E-state index < -0.39 is 21.7 Å². The fourth-order valence-electron chi connectivity index (χ4n) is 1.62. The van der Waals surface area contributed by atoms with Crippen LogP contribution in [0.5, 0.6) is 0 Å². The number of anilines is 1. The predicted molar refractivity (Wildman–Crippen MR) is 76.3 cm³/mol. The molecule has 0 atom stereocenters. The highest BCUT2D eigenvalue weighted by Crippen LogP contribution is 2.09. The number of carbonyl (C=O) groups excluding carboxylic acids is 1. The summed E-state index contributed by atoms with van der Waals surface area (Å²) >= 11 is 0. The van der Waals surface area contributed by atoms with E-state index in [1.807, 2.05) is 13.8 Å². The maximum atomic E-state index is 12.7. The minimum atomic E-state index is -3.44. The second-order valence-electron chi connectivity index (χ2n) is 5.00. The average molecular weight is 302 g/mol. The molecule has 0 aliphatic heterocycles. The van der Waals surface area contributed by atoms with Crippen LogP contribution in [0.25, 0.3) is 0 Å². The Hall–Kier alpha value is -1.47. The summed E-state index contributed by atoms with van der Waals surface area (Å²) in [5, 5.41) is 2.53. The van der Waals surface area contributed by atoms with E-state index in [-0.39, 0.29) is 19.0 Å². The van der Waals surface area contributed by atoms with Gasteiger partial charge in [-0.2, -0.15) is 4.31 Å². The molecule has 7 heteroatoms. The van der Waals surface area contributed by atoms with Crippen LogP contribution in [-0.2, 0) is 14.8 Å². The van der Waals surface area contributed by atoms with Gasteiger partial charge >= 0.3 is 0 Å². The van der Waals surface area contributed by atoms with Crippen LogP contribution in [0.15, 0.2) is 24.3 Å². The summed E-state index contributed by atoms with van der Waals surface area (Å²) in [5.74, 6) is -0.744. The lowest BCUT2D eigenvalue weighted by Gasteiger charge is -2.21. The topological polar surface area (TPSA) is 66.5 Å². The average Bonchev–Trinajstić information content (AvgIpc) is 2.29. The molecule has 1 aromatic rings. The van der Waals surface area contributed by atoms with Crippen LogP contribution in [0.3, 0.4) is 0 Å². The molecule has 0 heterocycles. The number of nitrogens with one attached hydrogen (secondary N) is 1. The molecule has 0 spiro atoms. The highest BCUT2D eigenvalue weighted by Gasteiger charge is 2.21. The highest BCUT2D eigenvalue weighted by atomic mass is 32.2. The molecule has 20 heavy (non-hydrogen) atoms. The van der Waals surface area contributed by atoms with Crippen molar-refractivity contribution in [3.8, 4) is 0 Å². The van der Waals surface area contributed by atoms with Gasteiger partial charge in [-0.05, 0) is 30.2 Å². The lowest BCUT2D eigenvalue weighted by molar-refractivity contribution is -0.116. The fraction of sp³-hybridized carbons (Fsp3) is 0.462. The second-order valence-corrected chi connectivity index (χ2v) is 6.99. The molecule has 0 unspecified atom stereocenters. The fourth-order valence-corrected chi connectivity index (χ4v) is 2.54. The molecular formula is C13H19FN2O3S. The summed E-state index contributed by atoms with van der Waals surface area (Å²) in [6, 6.07) is 5.27. The Morgan fingerprint density at radius 1 is 1.30 bits per heavy atom. The van der Waals surface area contributed by atoms with Gasteiger partial charge in [-0.3, -0.25) is 4.79 Å². The molecule has 0 fully saturated rings. The Balaban J connectivity index is 2.69. The molecule has 0 aromatic heterocycles. The number of halogens is 1. The predicted octanol–water partition coefficient (Wildman–Crippen LogP) is 1.68. The number of carbonyl (C=O) groups is 1. The van der Waals surface area contributed by atoms with Gasteiger partial charge in [0.1, 0.15) is 5.82 Å². The Morgan fingerprint density at radius 2 is 1.85 bits per heavy atom. The van der Waals surface area contributed by atoms with Crippen LogP contribution in [0.2, 0.25) is 0 Å². The van der Waals surface area contributed by atoms with Crippen molar-refractivity contribution in [2.45, 2.75) is 13.8 Å². The zero-order valence-corrected chi connectivity index (χ0v) is 12.6. The van der Waals surface area contributed by atoms with E-state index in [1.54, 1.807) is 0 Å². The molecule has 1 aromatic carbocycles. The van der Waals surface area contributed by atoms with E-state index in [1.165, 1.54) is 24.3 Å². The highest BCUT2D eigenvalue weighted by molar-refractivity contribution is 7.88. The lowest BCUT2D eigenvalue weighted by atomic mass is 10.2. The maximum Gasteiger partial charge on any atom is 0.239 e. The first kappa shape index (κ1) is 16.6. The largest absolute Gasteiger partial charge is 0.325 e. The molecule has 1 rings (SSSR count). The third-order valence-electron chi connectivity index (χ3n) is 2.49.